The Morgan fingerprint density at radius 1 is 0.250 bits per heavy atom. The van der Waals surface area contributed by atoms with E-state index in [1.54, 1.807) is 0 Å². The predicted molar refractivity (Wildman–Crippen MR) is 236 cm³/mol. The highest BCUT2D eigenvalue weighted by Crippen LogP contribution is 2.40. The van der Waals surface area contributed by atoms with E-state index in [0.717, 1.165) is 50.1 Å². The summed E-state index contributed by atoms with van der Waals surface area (Å²) in [7, 11) is 0. The quantitative estimate of drug-likeness (QED) is 0.156. The number of hydrogen-bond donors (Lipinski definition) is 0. The summed E-state index contributed by atoms with van der Waals surface area (Å²) in [6.07, 6.45) is 0. The molecule has 0 atom stereocenters. The Hall–Kier alpha value is -7.42. The lowest BCUT2D eigenvalue weighted by Crippen LogP contribution is -2.09. The fraction of sp³-hybridized carbons (Fsp3) is 0. The normalized spacial score (nSPS) is 11.2. The highest BCUT2D eigenvalue weighted by molar-refractivity contribution is 6.09. The Morgan fingerprint density at radius 3 is 1.04 bits per heavy atom. The Labute approximate surface area is 327 Å². The fourth-order valence-electron chi connectivity index (χ4n) is 7.79. The van der Waals surface area contributed by atoms with Crippen molar-refractivity contribution in [3.8, 4) is 55.6 Å². The molecule has 0 spiro atoms. The zero-order valence-electron chi connectivity index (χ0n) is 30.7. The van der Waals surface area contributed by atoms with Gasteiger partial charge in [0.05, 0.1) is 0 Å². The summed E-state index contributed by atoms with van der Waals surface area (Å²) in [6, 6.07) is 80.0. The van der Waals surface area contributed by atoms with Gasteiger partial charge in [-0.25, -0.2) is 0 Å². The van der Waals surface area contributed by atoms with Crippen molar-refractivity contribution in [1.29, 1.82) is 0 Å². The summed E-state index contributed by atoms with van der Waals surface area (Å²) in [5.41, 5.74) is 16.9. The first kappa shape index (κ1) is 33.2. The molecule has 9 aromatic carbocycles. The molecular weight excluding hydrogens is 679 g/mol. The topological polar surface area (TPSA) is 16.4 Å². The largest absolute Gasteiger partial charge is 0.455 e. The van der Waals surface area contributed by atoms with E-state index in [4.69, 9.17) is 4.42 Å². The number of benzene rings is 9. The molecule has 264 valence electrons. The van der Waals surface area contributed by atoms with Crippen molar-refractivity contribution in [2.75, 3.05) is 4.90 Å². The molecule has 10 rings (SSSR count). The van der Waals surface area contributed by atoms with Crippen molar-refractivity contribution in [3.63, 3.8) is 0 Å². The molecule has 10 aromatic rings. The molecule has 0 bridgehead atoms. The third kappa shape index (κ3) is 6.34. The second-order valence-electron chi connectivity index (χ2n) is 14.1. The number of anilines is 3. The monoisotopic (exact) mass is 715 g/mol. The summed E-state index contributed by atoms with van der Waals surface area (Å²) in [6.45, 7) is 0. The first-order chi connectivity index (χ1) is 27.7. The molecular formula is C54H37NO. The maximum Gasteiger partial charge on any atom is 0.143 e. The number of hydrogen-bond acceptors (Lipinski definition) is 2. The molecule has 0 aliphatic carbocycles. The molecule has 56 heavy (non-hydrogen) atoms. The first-order valence-electron chi connectivity index (χ1n) is 19.1. The SMILES string of the molecule is c1ccc(-c2ccc(-c3ccc(N(c4ccc(-c5ccc(-c6ccccc6)cc5)cc4)c4ccc(-c5cccc6c5oc5ccccc56)cc4)cc3)cc2)cc1. The van der Waals surface area contributed by atoms with Crippen molar-refractivity contribution >= 4 is 39.0 Å². The van der Waals surface area contributed by atoms with E-state index in [2.05, 4.69) is 217 Å². The van der Waals surface area contributed by atoms with Crippen LogP contribution in [0.1, 0.15) is 0 Å². The highest BCUT2D eigenvalue weighted by Gasteiger charge is 2.16. The summed E-state index contributed by atoms with van der Waals surface area (Å²) in [4.78, 5) is 2.33. The molecule has 2 nitrogen and oxygen atoms in total. The fourth-order valence-corrected chi connectivity index (χ4v) is 7.79. The van der Waals surface area contributed by atoms with E-state index < -0.39 is 0 Å². The molecule has 0 aliphatic heterocycles. The molecule has 0 saturated carbocycles. The van der Waals surface area contributed by atoms with Crippen molar-refractivity contribution in [1.82, 2.24) is 0 Å². The van der Waals surface area contributed by atoms with Crippen LogP contribution in [0.25, 0.3) is 77.6 Å². The zero-order chi connectivity index (χ0) is 37.3. The molecule has 1 aromatic heterocycles. The van der Waals surface area contributed by atoms with Crippen LogP contribution in [-0.2, 0) is 0 Å². The number of rotatable bonds is 8. The smallest absolute Gasteiger partial charge is 0.143 e. The van der Waals surface area contributed by atoms with Crippen LogP contribution in [0.15, 0.2) is 229 Å². The lowest BCUT2D eigenvalue weighted by atomic mass is 9.99. The summed E-state index contributed by atoms with van der Waals surface area (Å²) < 4.78 is 6.40. The molecule has 1 heterocycles. The minimum atomic E-state index is 0.906. The van der Waals surface area contributed by atoms with E-state index in [1.807, 2.05) is 12.1 Å². The van der Waals surface area contributed by atoms with Crippen LogP contribution in [0, 0.1) is 0 Å². The summed E-state index contributed by atoms with van der Waals surface area (Å²) >= 11 is 0. The Balaban J connectivity index is 0.991. The molecule has 0 aliphatic rings. The van der Waals surface area contributed by atoms with E-state index in [-0.39, 0.29) is 0 Å². The minimum absolute atomic E-state index is 0.906. The summed E-state index contributed by atoms with van der Waals surface area (Å²) in [5, 5.41) is 2.27. The number of para-hydroxylation sites is 2. The Morgan fingerprint density at radius 2 is 0.589 bits per heavy atom. The van der Waals surface area contributed by atoms with Crippen LogP contribution < -0.4 is 4.90 Å². The average Bonchev–Trinajstić information content (AvgIpc) is 3.67. The lowest BCUT2D eigenvalue weighted by Gasteiger charge is -2.26. The van der Waals surface area contributed by atoms with Crippen LogP contribution in [-0.4, -0.2) is 0 Å². The van der Waals surface area contributed by atoms with E-state index in [0.29, 0.717) is 0 Å². The van der Waals surface area contributed by atoms with Crippen molar-refractivity contribution in [3.05, 3.63) is 224 Å². The van der Waals surface area contributed by atoms with Gasteiger partial charge in [-0.2, -0.15) is 0 Å². The van der Waals surface area contributed by atoms with Gasteiger partial charge in [0.15, 0.2) is 0 Å². The molecule has 2 heteroatoms. The molecule has 0 unspecified atom stereocenters. The van der Waals surface area contributed by atoms with Crippen molar-refractivity contribution in [2.45, 2.75) is 0 Å². The first-order valence-corrected chi connectivity index (χ1v) is 19.1. The van der Waals surface area contributed by atoms with E-state index in [1.165, 1.54) is 44.5 Å². The van der Waals surface area contributed by atoms with Gasteiger partial charge in [0, 0.05) is 33.4 Å². The Kier molecular flexibility index (Phi) is 8.55. The van der Waals surface area contributed by atoms with Crippen LogP contribution in [0.5, 0.6) is 0 Å². The van der Waals surface area contributed by atoms with Crippen molar-refractivity contribution < 1.29 is 4.42 Å². The van der Waals surface area contributed by atoms with Crippen molar-refractivity contribution in [2.24, 2.45) is 0 Å². The molecule has 0 N–H and O–H groups in total. The number of nitrogens with zero attached hydrogens (tertiary/aromatic N) is 1. The highest BCUT2D eigenvalue weighted by atomic mass is 16.3. The lowest BCUT2D eigenvalue weighted by molar-refractivity contribution is 0.670. The van der Waals surface area contributed by atoms with Gasteiger partial charge in [0.25, 0.3) is 0 Å². The molecule has 0 fully saturated rings. The standard InChI is InChI=1S/C54H37NO/c1-3-10-38(11-4-1)40-18-22-42(23-19-40)44-26-32-47(33-27-44)55(48-34-28-45(29-35-48)43-24-20-41(21-25-43)39-12-5-2-6-13-39)49-36-30-46(31-37-49)50-15-9-16-52-51-14-7-8-17-53(51)56-54(50)52/h1-37H. The van der Waals surface area contributed by atoms with Gasteiger partial charge in [-0.15, -0.1) is 0 Å². The van der Waals surface area contributed by atoms with E-state index in [9.17, 15) is 0 Å². The second kappa shape index (κ2) is 14.4. The van der Waals surface area contributed by atoms with Crippen LogP contribution in [0.3, 0.4) is 0 Å². The third-order valence-corrected chi connectivity index (χ3v) is 10.7. The number of furan rings is 1. The second-order valence-corrected chi connectivity index (χ2v) is 14.1. The van der Waals surface area contributed by atoms with Gasteiger partial charge in [0.2, 0.25) is 0 Å². The minimum Gasteiger partial charge on any atom is -0.455 e. The van der Waals surface area contributed by atoms with Gasteiger partial charge < -0.3 is 9.32 Å². The van der Waals surface area contributed by atoms with Crippen LogP contribution in [0.2, 0.25) is 0 Å². The summed E-state index contributed by atoms with van der Waals surface area (Å²) in [5.74, 6) is 0. The van der Waals surface area contributed by atoms with Gasteiger partial charge in [-0.3, -0.25) is 0 Å². The Bertz CT molecular complexity index is 2770. The van der Waals surface area contributed by atoms with E-state index >= 15 is 0 Å². The number of fused-ring (bicyclic) bond motifs is 3. The molecule has 0 amide bonds. The van der Waals surface area contributed by atoms with Crippen LogP contribution >= 0.6 is 0 Å². The van der Waals surface area contributed by atoms with Gasteiger partial charge in [0.1, 0.15) is 11.2 Å². The molecule has 0 saturated heterocycles. The van der Waals surface area contributed by atoms with Gasteiger partial charge in [-0.05, 0) is 92.5 Å². The maximum absolute atomic E-state index is 6.40. The van der Waals surface area contributed by atoms with Gasteiger partial charge in [-0.1, -0.05) is 182 Å². The third-order valence-electron chi connectivity index (χ3n) is 10.7. The maximum atomic E-state index is 6.40. The van der Waals surface area contributed by atoms with Crippen LogP contribution in [0.4, 0.5) is 17.1 Å². The molecule has 0 radical (unpaired) electrons. The average molecular weight is 716 g/mol. The predicted octanol–water partition coefficient (Wildman–Crippen LogP) is 15.4. The van der Waals surface area contributed by atoms with Gasteiger partial charge >= 0.3 is 0 Å². The zero-order valence-corrected chi connectivity index (χ0v) is 30.7.